The van der Waals surface area contributed by atoms with E-state index in [2.05, 4.69) is 5.32 Å². The number of carbonyl (C=O) groups excluding carboxylic acids is 2. The fourth-order valence-electron chi connectivity index (χ4n) is 2.64. The minimum absolute atomic E-state index is 0.000312. The molecule has 1 fully saturated rings. The highest BCUT2D eigenvalue weighted by Gasteiger charge is 2.33. The number of hydrogen-bond donors (Lipinski definition) is 1. The van der Waals surface area contributed by atoms with E-state index in [1.165, 1.54) is 41.3 Å². The van der Waals surface area contributed by atoms with Crippen molar-refractivity contribution in [3.63, 3.8) is 0 Å². The molecule has 0 bridgehead atoms. The molecule has 2 amide bonds. The first-order chi connectivity index (χ1) is 14.1. The van der Waals surface area contributed by atoms with Crippen LogP contribution in [0.25, 0.3) is 6.08 Å². The second-order valence-corrected chi connectivity index (χ2v) is 7.91. The van der Waals surface area contributed by atoms with Gasteiger partial charge in [-0.2, -0.15) is 13.2 Å². The molecular formula is C20H14F4N2O2S2. The van der Waals surface area contributed by atoms with E-state index >= 15 is 0 Å². The summed E-state index contributed by atoms with van der Waals surface area (Å²) in [6.45, 7) is -0.0515. The van der Waals surface area contributed by atoms with Crippen LogP contribution < -0.4 is 5.32 Å². The van der Waals surface area contributed by atoms with Gasteiger partial charge in [0, 0.05) is 24.2 Å². The molecule has 10 heteroatoms. The van der Waals surface area contributed by atoms with Crippen LogP contribution in [0.5, 0.6) is 0 Å². The van der Waals surface area contributed by atoms with E-state index < -0.39 is 29.4 Å². The Morgan fingerprint density at radius 2 is 1.90 bits per heavy atom. The summed E-state index contributed by atoms with van der Waals surface area (Å²) < 4.78 is 52.3. The maximum Gasteiger partial charge on any atom is 0.416 e. The summed E-state index contributed by atoms with van der Waals surface area (Å²) in [6.07, 6.45) is -3.31. The monoisotopic (exact) mass is 454 g/mol. The minimum atomic E-state index is -4.52. The zero-order valence-electron chi connectivity index (χ0n) is 15.2. The SMILES string of the molecule is O=C(CCN1C(=O)/C(=C/c2ccccc2F)SC1=S)Nc1cccc(C(F)(F)F)c1. The van der Waals surface area contributed by atoms with Gasteiger partial charge in [0.2, 0.25) is 5.91 Å². The van der Waals surface area contributed by atoms with Crippen LogP contribution in [-0.4, -0.2) is 27.6 Å². The third-order valence-corrected chi connectivity index (χ3v) is 5.48. The van der Waals surface area contributed by atoms with E-state index in [4.69, 9.17) is 12.2 Å². The average molecular weight is 454 g/mol. The fraction of sp³-hybridized carbons (Fsp3) is 0.150. The molecule has 0 aromatic heterocycles. The lowest BCUT2D eigenvalue weighted by molar-refractivity contribution is -0.137. The molecule has 1 aliphatic rings. The molecule has 2 aromatic carbocycles. The molecule has 156 valence electrons. The number of hydrogen-bond acceptors (Lipinski definition) is 4. The average Bonchev–Trinajstić information content (AvgIpc) is 2.94. The molecule has 1 aliphatic heterocycles. The Morgan fingerprint density at radius 1 is 1.17 bits per heavy atom. The van der Waals surface area contributed by atoms with Gasteiger partial charge < -0.3 is 5.32 Å². The third kappa shape index (κ3) is 5.25. The molecule has 2 aromatic rings. The number of nitrogens with one attached hydrogen (secondary N) is 1. The Morgan fingerprint density at radius 3 is 2.60 bits per heavy atom. The number of thioether (sulfide) groups is 1. The topological polar surface area (TPSA) is 49.4 Å². The van der Waals surface area contributed by atoms with E-state index in [1.807, 2.05) is 0 Å². The zero-order chi connectivity index (χ0) is 21.9. The van der Waals surface area contributed by atoms with Crippen molar-refractivity contribution in [2.45, 2.75) is 12.6 Å². The van der Waals surface area contributed by atoms with Gasteiger partial charge in [-0.05, 0) is 30.3 Å². The summed E-state index contributed by atoms with van der Waals surface area (Å²) in [5.74, 6) is -1.51. The predicted octanol–water partition coefficient (Wildman–Crippen LogP) is 5.07. The Bertz CT molecular complexity index is 1040. The largest absolute Gasteiger partial charge is 0.416 e. The van der Waals surface area contributed by atoms with Crippen LogP contribution in [0, 0.1) is 5.82 Å². The van der Waals surface area contributed by atoms with Crippen LogP contribution in [-0.2, 0) is 15.8 Å². The standard InChI is InChI=1S/C20H14F4N2O2S2/c21-15-7-2-1-4-12(15)10-16-18(28)26(19(29)30-16)9-8-17(27)25-14-6-3-5-13(11-14)20(22,23)24/h1-7,10-11H,8-9H2,(H,25,27)/b16-10-. The van der Waals surface area contributed by atoms with Crippen molar-refractivity contribution in [2.75, 3.05) is 11.9 Å². The van der Waals surface area contributed by atoms with Crippen molar-refractivity contribution in [1.82, 2.24) is 4.90 Å². The smallest absolute Gasteiger partial charge is 0.326 e. The number of benzene rings is 2. The molecule has 4 nitrogen and oxygen atoms in total. The van der Waals surface area contributed by atoms with Crippen LogP contribution in [0.15, 0.2) is 53.4 Å². The number of halogens is 4. The van der Waals surface area contributed by atoms with Crippen molar-refractivity contribution in [3.05, 3.63) is 70.4 Å². The van der Waals surface area contributed by atoms with E-state index in [9.17, 15) is 27.2 Å². The van der Waals surface area contributed by atoms with Crippen molar-refractivity contribution >= 4 is 51.9 Å². The number of amides is 2. The number of thiocarbonyl (C=S) groups is 1. The third-order valence-electron chi connectivity index (χ3n) is 4.10. The summed E-state index contributed by atoms with van der Waals surface area (Å²) in [4.78, 5) is 26.1. The Kier molecular flexibility index (Phi) is 6.57. The number of carbonyl (C=O) groups is 2. The molecule has 0 spiro atoms. The first-order valence-corrected chi connectivity index (χ1v) is 9.84. The second-order valence-electron chi connectivity index (χ2n) is 6.23. The number of nitrogens with zero attached hydrogens (tertiary/aromatic N) is 1. The quantitative estimate of drug-likeness (QED) is 0.389. The highest BCUT2D eigenvalue weighted by Crippen LogP contribution is 2.33. The van der Waals surface area contributed by atoms with E-state index in [0.29, 0.717) is 0 Å². The lowest BCUT2D eigenvalue weighted by Gasteiger charge is -2.14. The van der Waals surface area contributed by atoms with Crippen LogP contribution in [0.2, 0.25) is 0 Å². The number of alkyl halides is 3. The van der Waals surface area contributed by atoms with Gasteiger partial charge >= 0.3 is 6.18 Å². The summed E-state index contributed by atoms with van der Waals surface area (Å²) in [5.41, 5.74) is -0.643. The first-order valence-electron chi connectivity index (χ1n) is 8.62. The first kappa shape index (κ1) is 22.0. The predicted molar refractivity (Wildman–Crippen MR) is 111 cm³/mol. The van der Waals surface area contributed by atoms with Gasteiger partial charge in [0.1, 0.15) is 10.1 Å². The van der Waals surface area contributed by atoms with E-state index in [0.717, 1.165) is 23.9 Å². The molecule has 0 atom stereocenters. The van der Waals surface area contributed by atoms with Crippen LogP contribution in [0.3, 0.4) is 0 Å². The fourth-order valence-corrected chi connectivity index (χ4v) is 3.94. The molecule has 1 heterocycles. The molecular weight excluding hydrogens is 440 g/mol. The molecule has 0 aliphatic carbocycles. The Labute approximate surface area is 178 Å². The van der Waals surface area contributed by atoms with Crippen molar-refractivity contribution in [2.24, 2.45) is 0 Å². The Hall–Kier alpha value is -2.72. The van der Waals surface area contributed by atoms with Crippen LogP contribution in [0.4, 0.5) is 23.2 Å². The summed E-state index contributed by atoms with van der Waals surface area (Å²) in [7, 11) is 0. The van der Waals surface area contributed by atoms with Crippen LogP contribution in [0.1, 0.15) is 17.5 Å². The highest BCUT2D eigenvalue weighted by atomic mass is 32.2. The lowest BCUT2D eigenvalue weighted by Crippen LogP contribution is -2.31. The highest BCUT2D eigenvalue weighted by molar-refractivity contribution is 8.26. The van der Waals surface area contributed by atoms with Gasteiger partial charge in [-0.1, -0.05) is 48.2 Å². The number of rotatable bonds is 5. The molecule has 1 N–H and O–H groups in total. The van der Waals surface area contributed by atoms with E-state index in [1.54, 1.807) is 6.07 Å². The molecule has 0 saturated carbocycles. The summed E-state index contributed by atoms with van der Waals surface area (Å²) in [5, 5.41) is 2.38. The maximum atomic E-state index is 13.8. The van der Waals surface area contributed by atoms with Crippen molar-refractivity contribution in [1.29, 1.82) is 0 Å². The van der Waals surface area contributed by atoms with Crippen LogP contribution >= 0.6 is 24.0 Å². The second kappa shape index (κ2) is 8.97. The normalized spacial score (nSPS) is 15.7. The lowest BCUT2D eigenvalue weighted by atomic mass is 10.2. The molecule has 3 rings (SSSR count). The summed E-state index contributed by atoms with van der Waals surface area (Å²) >= 11 is 6.15. The summed E-state index contributed by atoms with van der Waals surface area (Å²) in [6, 6.07) is 10.2. The molecule has 30 heavy (non-hydrogen) atoms. The van der Waals surface area contributed by atoms with Crippen molar-refractivity contribution < 1.29 is 27.2 Å². The zero-order valence-corrected chi connectivity index (χ0v) is 16.8. The molecule has 1 saturated heterocycles. The molecule has 0 radical (unpaired) electrons. The van der Waals surface area contributed by atoms with Gasteiger partial charge in [-0.15, -0.1) is 0 Å². The number of anilines is 1. The van der Waals surface area contributed by atoms with Gasteiger partial charge in [0.15, 0.2) is 0 Å². The Balaban J connectivity index is 1.62. The minimum Gasteiger partial charge on any atom is -0.326 e. The van der Waals surface area contributed by atoms with Gasteiger partial charge in [-0.3, -0.25) is 14.5 Å². The van der Waals surface area contributed by atoms with Crippen molar-refractivity contribution in [3.8, 4) is 0 Å². The van der Waals surface area contributed by atoms with Gasteiger partial charge in [0.05, 0.1) is 10.5 Å². The van der Waals surface area contributed by atoms with Gasteiger partial charge in [-0.25, -0.2) is 4.39 Å². The molecule has 0 unspecified atom stereocenters. The van der Waals surface area contributed by atoms with Gasteiger partial charge in [0.25, 0.3) is 5.91 Å². The van der Waals surface area contributed by atoms with E-state index in [-0.39, 0.29) is 33.4 Å². The maximum absolute atomic E-state index is 13.8.